The Bertz CT molecular complexity index is 811. The van der Waals surface area contributed by atoms with E-state index in [1.807, 2.05) is 16.7 Å². The SMILES string of the molecule is COCCn1cnnc1CN(C)C(=O)c1ccc(-c2ncn[nH]2)cc1. The van der Waals surface area contributed by atoms with Crippen LogP contribution < -0.4 is 0 Å². The molecule has 130 valence electrons. The van der Waals surface area contributed by atoms with Gasteiger partial charge >= 0.3 is 0 Å². The predicted molar refractivity (Wildman–Crippen MR) is 89.5 cm³/mol. The van der Waals surface area contributed by atoms with Crippen molar-refractivity contribution in [1.82, 2.24) is 34.8 Å². The molecule has 0 aliphatic heterocycles. The van der Waals surface area contributed by atoms with Crippen LogP contribution in [-0.2, 0) is 17.8 Å². The van der Waals surface area contributed by atoms with Gasteiger partial charge in [0.25, 0.3) is 5.91 Å². The van der Waals surface area contributed by atoms with Crippen molar-refractivity contribution < 1.29 is 9.53 Å². The molecule has 0 bridgehead atoms. The average Bonchev–Trinajstić information content (AvgIpc) is 3.31. The zero-order valence-corrected chi connectivity index (χ0v) is 14.1. The number of aromatic nitrogens is 6. The van der Waals surface area contributed by atoms with Gasteiger partial charge in [0.15, 0.2) is 11.6 Å². The van der Waals surface area contributed by atoms with E-state index in [9.17, 15) is 4.79 Å². The van der Waals surface area contributed by atoms with Crippen LogP contribution in [0.3, 0.4) is 0 Å². The van der Waals surface area contributed by atoms with Crippen LogP contribution in [0.1, 0.15) is 16.2 Å². The number of hydrogen-bond donors (Lipinski definition) is 1. The van der Waals surface area contributed by atoms with Gasteiger partial charge in [-0.25, -0.2) is 4.98 Å². The van der Waals surface area contributed by atoms with Crippen LogP contribution in [0, 0.1) is 0 Å². The number of nitrogens with zero attached hydrogens (tertiary/aromatic N) is 6. The molecule has 0 saturated carbocycles. The number of rotatable bonds is 7. The Kier molecular flexibility index (Phi) is 5.14. The average molecular weight is 341 g/mol. The summed E-state index contributed by atoms with van der Waals surface area (Å²) in [7, 11) is 3.38. The maximum atomic E-state index is 12.6. The Morgan fingerprint density at radius 2 is 2.12 bits per heavy atom. The molecule has 0 atom stereocenters. The Hall–Kier alpha value is -3.07. The fourth-order valence-corrected chi connectivity index (χ4v) is 2.40. The topological polar surface area (TPSA) is 102 Å². The minimum absolute atomic E-state index is 0.0922. The van der Waals surface area contributed by atoms with Crippen molar-refractivity contribution in [3.8, 4) is 11.4 Å². The number of ether oxygens (including phenoxy) is 1. The van der Waals surface area contributed by atoms with E-state index >= 15 is 0 Å². The van der Waals surface area contributed by atoms with E-state index in [2.05, 4.69) is 25.4 Å². The summed E-state index contributed by atoms with van der Waals surface area (Å²) in [6.45, 7) is 1.57. The summed E-state index contributed by atoms with van der Waals surface area (Å²) in [4.78, 5) is 18.3. The van der Waals surface area contributed by atoms with Crippen LogP contribution in [0.2, 0.25) is 0 Å². The molecule has 0 spiro atoms. The molecule has 1 amide bonds. The van der Waals surface area contributed by atoms with Crippen molar-refractivity contribution in [3.05, 3.63) is 48.3 Å². The van der Waals surface area contributed by atoms with E-state index in [-0.39, 0.29) is 5.91 Å². The van der Waals surface area contributed by atoms with Crippen molar-refractivity contribution in [2.24, 2.45) is 0 Å². The van der Waals surface area contributed by atoms with Gasteiger partial charge < -0.3 is 14.2 Å². The monoisotopic (exact) mass is 341 g/mol. The molecular formula is C16H19N7O2. The van der Waals surface area contributed by atoms with Crippen molar-refractivity contribution in [2.75, 3.05) is 20.8 Å². The molecule has 1 aromatic carbocycles. The van der Waals surface area contributed by atoms with Gasteiger partial charge in [0.05, 0.1) is 13.2 Å². The first-order valence-electron chi connectivity index (χ1n) is 7.76. The third kappa shape index (κ3) is 3.89. The lowest BCUT2D eigenvalue weighted by Gasteiger charge is -2.17. The first-order chi connectivity index (χ1) is 12.2. The maximum Gasteiger partial charge on any atom is 0.254 e. The molecule has 0 aliphatic rings. The molecular weight excluding hydrogens is 322 g/mol. The molecule has 3 rings (SSSR count). The zero-order chi connectivity index (χ0) is 17.6. The summed E-state index contributed by atoms with van der Waals surface area (Å²) in [5.41, 5.74) is 1.46. The van der Waals surface area contributed by atoms with Gasteiger partial charge in [-0.1, -0.05) is 12.1 Å². The zero-order valence-electron chi connectivity index (χ0n) is 14.1. The van der Waals surface area contributed by atoms with Gasteiger partial charge in [-0.05, 0) is 12.1 Å². The highest BCUT2D eigenvalue weighted by Gasteiger charge is 2.15. The van der Waals surface area contributed by atoms with Crippen molar-refractivity contribution in [1.29, 1.82) is 0 Å². The van der Waals surface area contributed by atoms with Gasteiger partial charge in [0, 0.05) is 31.8 Å². The third-order valence-electron chi connectivity index (χ3n) is 3.78. The van der Waals surface area contributed by atoms with E-state index < -0.39 is 0 Å². The van der Waals surface area contributed by atoms with Gasteiger partial charge in [0.1, 0.15) is 12.7 Å². The van der Waals surface area contributed by atoms with E-state index in [4.69, 9.17) is 4.74 Å². The number of carbonyl (C=O) groups excluding carboxylic acids is 1. The normalized spacial score (nSPS) is 10.8. The summed E-state index contributed by atoms with van der Waals surface area (Å²) in [6, 6.07) is 7.21. The van der Waals surface area contributed by atoms with Crippen molar-refractivity contribution >= 4 is 5.91 Å². The van der Waals surface area contributed by atoms with Crippen molar-refractivity contribution in [2.45, 2.75) is 13.1 Å². The lowest BCUT2D eigenvalue weighted by atomic mass is 10.1. The van der Waals surface area contributed by atoms with Crippen molar-refractivity contribution in [3.63, 3.8) is 0 Å². The molecule has 9 heteroatoms. The van der Waals surface area contributed by atoms with Crippen LogP contribution in [-0.4, -0.2) is 61.5 Å². The molecule has 25 heavy (non-hydrogen) atoms. The quantitative estimate of drug-likeness (QED) is 0.687. The molecule has 0 aliphatic carbocycles. The summed E-state index contributed by atoms with van der Waals surface area (Å²) < 4.78 is 6.94. The fraction of sp³-hybridized carbons (Fsp3) is 0.312. The number of H-pyrrole nitrogens is 1. The Morgan fingerprint density at radius 1 is 1.32 bits per heavy atom. The number of methoxy groups -OCH3 is 1. The van der Waals surface area contributed by atoms with Crippen LogP contribution >= 0.6 is 0 Å². The molecule has 0 saturated heterocycles. The van der Waals surface area contributed by atoms with Gasteiger partial charge in [-0.15, -0.1) is 10.2 Å². The van der Waals surface area contributed by atoms with E-state index in [1.165, 1.54) is 6.33 Å². The number of nitrogens with one attached hydrogen (secondary N) is 1. The second-order valence-corrected chi connectivity index (χ2v) is 5.51. The molecule has 2 heterocycles. The molecule has 1 N–H and O–H groups in total. The largest absolute Gasteiger partial charge is 0.383 e. The summed E-state index contributed by atoms with van der Waals surface area (Å²) in [5, 5.41) is 14.6. The van der Waals surface area contributed by atoms with E-state index in [0.29, 0.717) is 36.9 Å². The van der Waals surface area contributed by atoms with E-state index in [0.717, 1.165) is 5.56 Å². The summed E-state index contributed by atoms with van der Waals surface area (Å²) >= 11 is 0. The van der Waals surface area contributed by atoms with Crippen LogP contribution in [0.25, 0.3) is 11.4 Å². The third-order valence-corrected chi connectivity index (χ3v) is 3.78. The Morgan fingerprint density at radius 3 is 2.80 bits per heavy atom. The second-order valence-electron chi connectivity index (χ2n) is 5.51. The number of benzene rings is 1. The molecule has 0 fully saturated rings. The van der Waals surface area contributed by atoms with E-state index in [1.54, 1.807) is 37.5 Å². The number of hydrogen-bond acceptors (Lipinski definition) is 6. The molecule has 0 unspecified atom stereocenters. The smallest absolute Gasteiger partial charge is 0.254 e. The minimum atomic E-state index is -0.0922. The first kappa shape index (κ1) is 16.8. The maximum absolute atomic E-state index is 12.6. The Labute approximate surface area is 144 Å². The number of amides is 1. The standard InChI is InChI=1S/C16H19N7O2/c1-22(9-14-20-19-11-23(14)7-8-25-2)16(24)13-5-3-12(4-6-13)15-17-10-18-21-15/h3-6,10-11H,7-9H2,1-2H3,(H,17,18,21). The molecule has 9 nitrogen and oxygen atoms in total. The highest BCUT2D eigenvalue weighted by Crippen LogP contribution is 2.15. The highest BCUT2D eigenvalue weighted by molar-refractivity contribution is 5.94. The van der Waals surface area contributed by atoms with Gasteiger partial charge in [-0.2, -0.15) is 5.10 Å². The lowest BCUT2D eigenvalue weighted by Crippen LogP contribution is -2.28. The number of aromatic amines is 1. The fourth-order valence-electron chi connectivity index (χ4n) is 2.40. The molecule has 2 aromatic heterocycles. The first-order valence-corrected chi connectivity index (χ1v) is 7.76. The van der Waals surface area contributed by atoms with Gasteiger partial charge in [0.2, 0.25) is 0 Å². The number of carbonyl (C=O) groups is 1. The minimum Gasteiger partial charge on any atom is -0.383 e. The Balaban J connectivity index is 1.67. The lowest BCUT2D eigenvalue weighted by molar-refractivity contribution is 0.0779. The van der Waals surface area contributed by atoms with Crippen LogP contribution in [0.4, 0.5) is 0 Å². The van der Waals surface area contributed by atoms with Crippen LogP contribution in [0.15, 0.2) is 36.9 Å². The highest BCUT2D eigenvalue weighted by atomic mass is 16.5. The summed E-state index contributed by atoms with van der Waals surface area (Å²) in [6.07, 6.45) is 3.08. The molecule has 0 radical (unpaired) electrons. The second kappa shape index (κ2) is 7.67. The predicted octanol–water partition coefficient (Wildman–Crippen LogP) is 0.982. The summed E-state index contributed by atoms with van der Waals surface area (Å²) in [5.74, 6) is 1.29. The van der Waals surface area contributed by atoms with Gasteiger partial charge in [-0.3, -0.25) is 9.89 Å². The van der Waals surface area contributed by atoms with Crippen LogP contribution in [0.5, 0.6) is 0 Å². The molecule has 3 aromatic rings.